The van der Waals surface area contributed by atoms with Crippen LogP contribution in [0.5, 0.6) is 0 Å². The lowest BCUT2D eigenvalue weighted by atomic mass is 10.0. The molecule has 2 aromatic heterocycles. The maximum atomic E-state index is 13.4. The first-order valence-electron chi connectivity index (χ1n) is 11.3. The smallest absolute Gasteiger partial charge is 0.382 e. The van der Waals surface area contributed by atoms with Gasteiger partial charge in [0.2, 0.25) is 0 Å². The van der Waals surface area contributed by atoms with Crippen molar-refractivity contribution >= 4 is 19.2 Å². The fourth-order valence-electron chi connectivity index (χ4n) is 3.95. The summed E-state index contributed by atoms with van der Waals surface area (Å²) in [6.07, 6.45) is 1.80. The summed E-state index contributed by atoms with van der Waals surface area (Å²) < 4.78 is 48.7. The van der Waals surface area contributed by atoms with Crippen molar-refractivity contribution < 1.29 is 32.4 Å². The highest BCUT2D eigenvalue weighted by molar-refractivity contribution is 7.47. The molecule has 12 nitrogen and oxygen atoms in total. The Kier molecular flexibility index (Phi) is 8.15. The molecule has 1 fully saturated rings. The van der Waals surface area contributed by atoms with Gasteiger partial charge in [0, 0.05) is 6.61 Å². The Hall–Kier alpha value is -3.42. The van der Waals surface area contributed by atoms with Crippen LogP contribution < -0.4 is 5.73 Å². The molecule has 3 aromatic rings. The second-order valence-corrected chi connectivity index (χ2v) is 9.85. The van der Waals surface area contributed by atoms with Gasteiger partial charge in [-0.1, -0.05) is 0 Å². The highest BCUT2D eigenvalue weighted by atomic mass is 31.2. The van der Waals surface area contributed by atoms with E-state index in [2.05, 4.69) is 10.1 Å². The third-order valence-corrected chi connectivity index (χ3v) is 6.69. The van der Waals surface area contributed by atoms with E-state index in [0.29, 0.717) is 29.0 Å². The van der Waals surface area contributed by atoms with Crippen LogP contribution in [0.15, 0.2) is 36.7 Å². The Labute approximate surface area is 211 Å². The summed E-state index contributed by atoms with van der Waals surface area (Å²) in [6.45, 7) is -0.393. The summed E-state index contributed by atoms with van der Waals surface area (Å²) in [7, 11) is -4.46. The number of phosphoric ester groups is 1. The predicted octanol–water partition coefficient (Wildman–Crippen LogP) is 3.18. The first-order valence-corrected chi connectivity index (χ1v) is 12.8. The second-order valence-electron chi connectivity index (χ2n) is 8.39. The van der Waals surface area contributed by atoms with Gasteiger partial charge in [-0.05, 0) is 55.2 Å². The molecule has 0 bridgehead atoms. The fraction of sp³-hybridized carbons (Fsp3) is 0.391. The minimum Gasteiger partial charge on any atom is -0.382 e. The van der Waals surface area contributed by atoms with E-state index in [1.54, 1.807) is 16.6 Å². The summed E-state index contributed by atoms with van der Waals surface area (Å²) in [5, 5.41) is 22.8. The van der Waals surface area contributed by atoms with E-state index in [9.17, 15) is 19.1 Å². The molecular weight excluding hydrogens is 506 g/mol. The molecule has 0 aliphatic carbocycles. The zero-order valence-electron chi connectivity index (χ0n) is 19.6. The van der Waals surface area contributed by atoms with Gasteiger partial charge in [0.15, 0.2) is 11.4 Å². The van der Waals surface area contributed by atoms with Crippen molar-refractivity contribution in [3.63, 3.8) is 0 Å². The summed E-state index contributed by atoms with van der Waals surface area (Å²) in [5.74, 6) is -0.229. The standard InChI is InChI=1S/C23H24FN6O6P/c24-18-9-16(11-25)8-17(10-18)12-33-6-1-7-34-37(31,32)35-14-23(13-26)5-4-21(36-23)19-2-3-20-22(27)28-15-29-30(19)20/h2-3,8-10,15,21H,1,4-7,12,14H2,(H,31,32)(H2,27,28,29)/t21-,23-/m1/s1. The van der Waals surface area contributed by atoms with Crippen LogP contribution in [-0.2, 0) is 29.7 Å². The molecule has 194 valence electrons. The number of nitrogens with two attached hydrogens (primary N) is 1. The first-order chi connectivity index (χ1) is 17.7. The van der Waals surface area contributed by atoms with Crippen molar-refractivity contribution in [2.45, 2.75) is 37.6 Å². The van der Waals surface area contributed by atoms with E-state index in [-0.39, 0.29) is 38.2 Å². The highest BCUT2D eigenvalue weighted by Crippen LogP contribution is 2.47. The van der Waals surface area contributed by atoms with Crippen molar-refractivity contribution in [2.75, 3.05) is 25.6 Å². The number of aromatic nitrogens is 3. The molecule has 3 atom stereocenters. The second kappa shape index (κ2) is 11.3. The van der Waals surface area contributed by atoms with Crippen LogP contribution in [0, 0.1) is 28.5 Å². The Morgan fingerprint density at radius 3 is 2.92 bits per heavy atom. The topological polar surface area (TPSA) is 178 Å². The Morgan fingerprint density at radius 1 is 1.30 bits per heavy atom. The SMILES string of the molecule is N#Cc1cc(F)cc(COCCCOP(=O)(O)OC[C@]2(C#N)CC[C@H](c3ccc4c(N)ncnn34)O2)c1. The van der Waals surface area contributed by atoms with Crippen molar-refractivity contribution in [1.29, 1.82) is 10.5 Å². The van der Waals surface area contributed by atoms with Gasteiger partial charge in [0.05, 0.1) is 30.5 Å². The number of phosphoric acid groups is 1. The number of fused-ring (bicyclic) bond motifs is 1. The van der Waals surface area contributed by atoms with E-state index in [1.165, 1.54) is 18.5 Å². The number of nitrogen functional groups attached to an aromatic ring is 1. The van der Waals surface area contributed by atoms with E-state index >= 15 is 0 Å². The average Bonchev–Trinajstić information content (AvgIpc) is 3.50. The molecule has 3 heterocycles. The fourth-order valence-corrected chi connectivity index (χ4v) is 4.76. The largest absolute Gasteiger partial charge is 0.472 e. The maximum absolute atomic E-state index is 13.4. The van der Waals surface area contributed by atoms with Crippen LogP contribution in [0.25, 0.3) is 5.52 Å². The number of hydrogen-bond donors (Lipinski definition) is 2. The average molecular weight is 530 g/mol. The molecule has 1 aromatic carbocycles. The molecule has 1 aliphatic rings. The van der Waals surface area contributed by atoms with Gasteiger partial charge < -0.3 is 20.1 Å². The molecule has 1 unspecified atom stereocenters. The van der Waals surface area contributed by atoms with Crippen LogP contribution in [0.3, 0.4) is 0 Å². The van der Waals surface area contributed by atoms with Crippen LogP contribution in [-0.4, -0.2) is 44.9 Å². The number of benzene rings is 1. The normalized spacial score (nSPS) is 20.9. The number of hydrogen-bond acceptors (Lipinski definition) is 10. The molecule has 0 spiro atoms. The lowest BCUT2D eigenvalue weighted by molar-refractivity contribution is -0.0400. The number of nitrogens with zero attached hydrogens (tertiary/aromatic N) is 5. The molecule has 4 rings (SSSR count). The zero-order chi connectivity index (χ0) is 26.5. The third-order valence-electron chi connectivity index (χ3n) is 5.73. The van der Waals surface area contributed by atoms with Crippen molar-refractivity contribution in [2.24, 2.45) is 0 Å². The van der Waals surface area contributed by atoms with E-state index in [1.807, 2.05) is 12.1 Å². The van der Waals surface area contributed by atoms with E-state index in [0.717, 1.165) is 6.07 Å². The molecule has 14 heteroatoms. The Balaban J connectivity index is 1.22. The maximum Gasteiger partial charge on any atom is 0.472 e. The summed E-state index contributed by atoms with van der Waals surface area (Å²) in [4.78, 5) is 14.0. The molecule has 0 saturated carbocycles. The molecule has 0 radical (unpaired) electrons. The molecule has 3 N–H and O–H groups in total. The summed E-state index contributed by atoms with van der Waals surface area (Å²) >= 11 is 0. The van der Waals surface area contributed by atoms with Gasteiger partial charge in [-0.15, -0.1) is 0 Å². The minimum absolute atomic E-state index is 0.0680. The van der Waals surface area contributed by atoms with Gasteiger partial charge in [0.25, 0.3) is 0 Å². The Bertz CT molecular complexity index is 1400. The van der Waals surface area contributed by atoms with Crippen molar-refractivity contribution in [3.05, 3.63) is 59.3 Å². The van der Waals surface area contributed by atoms with Gasteiger partial charge in [0.1, 0.15) is 36.4 Å². The van der Waals surface area contributed by atoms with Gasteiger partial charge in [-0.3, -0.25) is 9.05 Å². The highest BCUT2D eigenvalue weighted by Gasteiger charge is 2.44. The van der Waals surface area contributed by atoms with Crippen LogP contribution in [0.1, 0.15) is 42.2 Å². The van der Waals surface area contributed by atoms with Crippen LogP contribution in [0.4, 0.5) is 10.2 Å². The van der Waals surface area contributed by atoms with Gasteiger partial charge in [-0.2, -0.15) is 15.6 Å². The molecular formula is C23H24FN6O6P. The third kappa shape index (κ3) is 6.48. The van der Waals surface area contributed by atoms with Crippen LogP contribution >= 0.6 is 7.82 Å². The van der Waals surface area contributed by atoms with Crippen LogP contribution in [0.2, 0.25) is 0 Å². The predicted molar refractivity (Wildman–Crippen MR) is 126 cm³/mol. The van der Waals surface area contributed by atoms with E-state index in [4.69, 9.17) is 29.5 Å². The molecule has 1 aliphatic heterocycles. The minimum atomic E-state index is -4.46. The lowest BCUT2D eigenvalue weighted by Gasteiger charge is -2.23. The number of halogens is 1. The monoisotopic (exact) mass is 530 g/mol. The van der Waals surface area contributed by atoms with Gasteiger partial charge in [-0.25, -0.2) is 18.5 Å². The molecule has 37 heavy (non-hydrogen) atoms. The van der Waals surface area contributed by atoms with E-state index < -0.39 is 32.0 Å². The quantitative estimate of drug-likeness (QED) is 0.275. The number of anilines is 1. The molecule has 0 amide bonds. The molecule has 1 saturated heterocycles. The lowest BCUT2D eigenvalue weighted by Crippen LogP contribution is -2.32. The van der Waals surface area contributed by atoms with Crippen molar-refractivity contribution in [1.82, 2.24) is 14.6 Å². The number of ether oxygens (including phenoxy) is 2. The number of nitriles is 2. The van der Waals surface area contributed by atoms with Gasteiger partial charge >= 0.3 is 7.82 Å². The first kappa shape index (κ1) is 26.6. The summed E-state index contributed by atoms with van der Waals surface area (Å²) in [5.41, 5.74) is 6.38. The zero-order valence-corrected chi connectivity index (χ0v) is 20.5. The summed E-state index contributed by atoms with van der Waals surface area (Å²) in [6, 6.07) is 11.3. The number of rotatable bonds is 11. The Morgan fingerprint density at radius 2 is 2.14 bits per heavy atom. The van der Waals surface area contributed by atoms with Crippen molar-refractivity contribution in [3.8, 4) is 12.1 Å².